The summed E-state index contributed by atoms with van der Waals surface area (Å²) in [4.78, 5) is 18.4. The van der Waals surface area contributed by atoms with Gasteiger partial charge in [-0.1, -0.05) is 0 Å². The van der Waals surface area contributed by atoms with Crippen LogP contribution in [0.4, 0.5) is 0 Å². The molecule has 1 aliphatic carbocycles. The van der Waals surface area contributed by atoms with Gasteiger partial charge in [-0.2, -0.15) is 0 Å². The summed E-state index contributed by atoms with van der Waals surface area (Å²) in [5.74, 6) is 0.723. The van der Waals surface area contributed by atoms with Crippen molar-refractivity contribution >= 4 is 16.7 Å². The van der Waals surface area contributed by atoms with Crippen molar-refractivity contribution in [1.29, 1.82) is 0 Å². The zero-order valence-electron chi connectivity index (χ0n) is 14.8. The summed E-state index contributed by atoms with van der Waals surface area (Å²) < 4.78 is 5.28. The number of furan rings is 1. The van der Waals surface area contributed by atoms with Crippen molar-refractivity contribution in [2.45, 2.75) is 31.8 Å². The second-order valence-electron chi connectivity index (χ2n) is 7.22. The minimum Gasteiger partial charge on any atom is -0.469 e. The summed E-state index contributed by atoms with van der Waals surface area (Å²) in [5, 5.41) is 1.10. The molecule has 2 aromatic heterocycles. The third-order valence-corrected chi connectivity index (χ3v) is 5.26. The highest BCUT2D eigenvalue weighted by molar-refractivity contribution is 6.10. The lowest BCUT2D eigenvalue weighted by Crippen LogP contribution is -2.37. The first-order valence-corrected chi connectivity index (χ1v) is 8.60. The van der Waals surface area contributed by atoms with Crippen molar-refractivity contribution < 1.29 is 9.21 Å². The van der Waals surface area contributed by atoms with Crippen LogP contribution < -0.4 is 5.73 Å². The van der Waals surface area contributed by atoms with Gasteiger partial charge in [-0.25, -0.2) is 0 Å². The second-order valence-corrected chi connectivity index (χ2v) is 7.22. The molecule has 5 nitrogen and oxygen atoms in total. The van der Waals surface area contributed by atoms with E-state index in [2.05, 4.69) is 24.0 Å². The van der Waals surface area contributed by atoms with E-state index in [4.69, 9.17) is 10.2 Å². The van der Waals surface area contributed by atoms with Gasteiger partial charge in [-0.05, 0) is 63.7 Å². The number of likely N-dealkylation sites (N-methyl/N-ethyl adjacent to an activating group) is 1. The molecule has 3 aromatic rings. The Morgan fingerprint density at radius 1 is 1.28 bits per heavy atom. The maximum Gasteiger partial charge on any atom is 0.196 e. The SMILES string of the molecule is Cc1cc(C(=O)c2ccc3[nH]c4c(c3c2)CC(N(C)C)CC4N)co1. The number of H-pyrrole nitrogens is 1. The number of carbonyl (C=O) groups excluding carboxylic acids is 1. The fourth-order valence-corrected chi connectivity index (χ4v) is 3.80. The minimum absolute atomic E-state index is 0.000718. The lowest BCUT2D eigenvalue weighted by molar-refractivity contribution is 0.103. The third-order valence-electron chi connectivity index (χ3n) is 5.26. The zero-order valence-corrected chi connectivity index (χ0v) is 14.8. The molecule has 25 heavy (non-hydrogen) atoms. The Labute approximate surface area is 146 Å². The molecule has 0 fully saturated rings. The van der Waals surface area contributed by atoms with Gasteiger partial charge < -0.3 is 20.0 Å². The summed E-state index contributed by atoms with van der Waals surface area (Å²) in [5.41, 5.74) is 11.0. The molecule has 1 aliphatic rings. The molecule has 5 heteroatoms. The van der Waals surface area contributed by atoms with Crippen LogP contribution in [0, 0.1) is 6.92 Å². The lowest BCUT2D eigenvalue weighted by atomic mass is 9.87. The number of hydrogen-bond donors (Lipinski definition) is 2. The zero-order chi connectivity index (χ0) is 17.7. The smallest absolute Gasteiger partial charge is 0.196 e. The molecule has 2 heterocycles. The summed E-state index contributed by atoms with van der Waals surface area (Å²) in [6.07, 6.45) is 3.40. The average molecular weight is 337 g/mol. The van der Waals surface area contributed by atoms with E-state index >= 15 is 0 Å². The van der Waals surface area contributed by atoms with Crippen molar-refractivity contribution in [2.75, 3.05) is 14.1 Å². The molecule has 2 unspecified atom stereocenters. The molecule has 1 aromatic carbocycles. The number of fused-ring (bicyclic) bond motifs is 3. The van der Waals surface area contributed by atoms with E-state index in [-0.39, 0.29) is 11.8 Å². The summed E-state index contributed by atoms with van der Waals surface area (Å²) in [6, 6.07) is 8.02. The number of rotatable bonds is 3. The van der Waals surface area contributed by atoms with Crippen molar-refractivity contribution in [1.82, 2.24) is 9.88 Å². The van der Waals surface area contributed by atoms with Crippen LogP contribution in [0.15, 0.2) is 34.9 Å². The number of hydrogen-bond acceptors (Lipinski definition) is 4. The Morgan fingerprint density at radius 2 is 2.08 bits per heavy atom. The molecule has 0 bridgehead atoms. The molecular formula is C20H23N3O2. The summed E-state index contributed by atoms with van der Waals surface area (Å²) in [7, 11) is 4.18. The fraction of sp³-hybridized carbons (Fsp3) is 0.350. The number of nitrogens with one attached hydrogen (secondary N) is 1. The van der Waals surface area contributed by atoms with Gasteiger partial charge in [0.05, 0.1) is 5.56 Å². The maximum atomic E-state index is 12.7. The molecule has 4 rings (SSSR count). The van der Waals surface area contributed by atoms with Gasteiger partial charge in [0.15, 0.2) is 5.78 Å². The Kier molecular flexibility index (Phi) is 3.78. The van der Waals surface area contributed by atoms with Crippen LogP contribution >= 0.6 is 0 Å². The summed E-state index contributed by atoms with van der Waals surface area (Å²) in [6.45, 7) is 1.84. The normalized spacial score (nSPS) is 20.2. The van der Waals surface area contributed by atoms with Gasteiger partial charge in [0, 0.05) is 34.2 Å². The Balaban J connectivity index is 1.78. The first kappa shape index (κ1) is 16.1. The monoisotopic (exact) mass is 337 g/mol. The Hall–Kier alpha value is -2.37. The summed E-state index contributed by atoms with van der Waals surface area (Å²) >= 11 is 0. The van der Waals surface area contributed by atoms with E-state index in [9.17, 15) is 4.79 Å². The second kappa shape index (κ2) is 5.86. The van der Waals surface area contributed by atoms with E-state index in [1.807, 2.05) is 25.1 Å². The largest absolute Gasteiger partial charge is 0.469 e. The lowest BCUT2D eigenvalue weighted by Gasteiger charge is -2.31. The molecule has 130 valence electrons. The molecule has 0 aliphatic heterocycles. The molecule has 3 N–H and O–H groups in total. The van der Waals surface area contributed by atoms with Crippen LogP contribution in [-0.4, -0.2) is 35.8 Å². The third kappa shape index (κ3) is 2.69. The van der Waals surface area contributed by atoms with Crippen LogP contribution in [0.25, 0.3) is 10.9 Å². The van der Waals surface area contributed by atoms with E-state index in [0.717, 1.165) is 35.2 Å². The fourth-order valence-electron chi connectivity index (χ4n) is 3.80. The van der Waals surface area contributed by atoms with Gasteiger partial charge >= 0.3 is 0 Å². The first-order valence-electron chi connectivity index (χ1n) is 8.60. The van der Waals surface area contributed by atoms with Gasteiger partial charge in [0.1, 0.15) is 12.0 Å². The number of nitrogens with two attached hydrogens (primary N) is 1. The van der Waals surface area contributed by atoms with E-state index in [1.165, 1.54) is 11.8 Å². The highest BCUT2D eigenvalue weighted by Gasteiger charge is 2.29. The van der Waals surface area contributed by atoms with Crippen molar-refractivity contribution in [3.05, 3.63) is 58.7 Å². The minimum atomic E-state index is -0.0158. The average Bonchev–Trinajstić information content (AvgIpc) is 3.17. The van der Waals surface area contributed by atoms with E-state index in [1.54, 1.807) is 6.07 Å². The standard InChI is InChI=1S/C20H23N3O2/c1-11-6-13(10-25-11)20(24)12-4-5-18-15(7-12)16-8-14(23(2)3)9-17(21)19(16)22-18/h4-7,10,14,17,22H,8-9,21H2,1-3H3. The quantitative estimate of drug-likeness (QED) is 0.720. The van der Waals surface area contributed by atoms with Crippen LogP contribution in [0.1, 0.15) is 45.4 Å². The highest BCUT2D eigenvalue weighted by Crippen LogP contribution is 2.35. The van der Waals surface area contributed by atoms with E-state index < -0.39 is 0 Å². The maximum absolute atomic E-state index is 12.7. The Bertz CT molecular complexity index is 951. The van der Waals surface area contributed by atoms with Crippen LogP contribution in [0.3, 0.4) is 0 Å². The predicted octanol–water partition coefficient (Wildman–Crippen LogP) is 3.18. The number of aromatic nitrogens is 1. The van der Waals surface area contributed by atoms with E-state index in [0.29, 0.717) is 17.2 Å². The van der Waals surface area contributed by atoms with Gasteiger partial charge in [0.2, 0.25) is 0 Å². The molecule has 0 amide bonds. The van der Waals surface area contributed by atoms with Crippen LogP contribution in [-0.2, 0) is 6.42 Å². The van der Waals surface area contributed by atoms with Crippen LogP contribution in [0.5, 0.6) is 0 Å². The molecular weight excluding hydrogens is 314 g/mol. The first-order chi connectivity index (χ1) is 11.9. The van der Waals surface area contributed by atoms with Crippen molar-refractivity contribution in [2.24, 2.45) is 5.73 Å². The van der Waals surface area contributed by atoms with Crippen LogP contribution in [0.2, 0.25) is 0 Å². The molecule has 2 atom stereocenters. The molecule has 0 saturated carbocycles. The topological polar surface area (TPSA) is 75.3 Å². The van der Waals surface area contributed by atoms with Gasteiger partial charge in [0.25, 0.3) is 0 Å². The van der Waals surface area contributed by atoms with Crippen molar-refractivity contribution in [3.63, 3.8) is 0 Å². The number of carbonyl (C=O) groups is 1. The highest BCUT2D eigenvalue weighted by atomic mass is 16.3. The van der Waals surface area contributed by atoms with Gasteiger partial charge in [-0.15, -0.1) is 0 Å². The molecule has 0 spiro atoms. The number of aromatic amines is 1. The number of benzene rings is 1. The van der Waals surface area contributed by atoms with Gasteiger partial charge in [-0.3, -0.25) is 4.79 Å². The predicted molar refractivity (Wildman–Crippen MR) is 97.9 cm³/mol. The number of ketones is 1. The number of aryl methyl sites for hydroxylation is 1. The number of nitrogens with zero attached hydrogens (tertiary/aromatic N) is 1. The van der Waals surface area contributed by atoms with Crippen molar-refractivity contribution in [3.8, 4) is 0 Å². The molecule has 0 saturated heterocycles. The molecule has 0 radical (unpaired) electrons. The Morgan fingerprint density at radius 3 is 2.76 bits per heavy atom.